The van der Waals surface area contributed by atoms with E-state index in [-0.39, 0.29) is 5.41 Å². The number of aldehydes is 1. The first-order valence-electron chi connectivity index (χ1n) is 4.85. The smallest absolute Gasteiger partial charge is 0.126 e. The number of hydrogen-bond acceptors (Lipinski definition) is 1. The maximum Gasteiger partial charge on any atom is 0.126 e. The molecular formula is C12H14O. The van der Waals surface area contributed by atoms with Crippen LogP contribution in [0.4, 0.5) is 0 Å². The number of rotatable bonds is 3. The molecule has 0 bridgehead atoms. The van der Waals surface area contributed by atoms with E-state index in [1.54, 1.807) is 0 Å². The largest absolute Gasteiger partial charge is 0.303 e. The van der Waals surface area contributed by atoms with Crippen LogP contribution in [0, 0.1) is 5.41 Å². The van der Waals surface area contributed by atoms with Crippen LogP contribution in [0.25, 0.3) is 0 Å². The van der Waals surface area contributed by atoms with Crippen molar-refractivity contribution in [3.05, 3.63) is 35.9 Å². The number of carbonyl (C=O) groups is 1. The van der Waals surface area contributed by atoms with E-state index in [4.69, 9.17) is 0 Å². The van der Waals surface area contributed by atoms with E-state index in [0.29, 0.717) is 0 Å². The molecule has 0 unspecified atom stereocenters. The Kier molecular flexibility index (Phi) is 2.17. The highest BCUT2D eigenvalue weighted by molar-refractivity contribution is 5.61. The second-order valence-electron chi connectivity index (χ2n) is 4.00. The third-order valence-corrected chi connectivity index (χ3v) is 3.00. The number of hydrogen-bond donors (Lipinski definition) is 0. The molecule has 0 radical (unpaired) electrons. The summed E-state index contributed by atoms with van der Waals surface area (Å²) in [5, 5.41) is 0. The lowest BCUT2D eigenvalue weighted by Crippen LogP contribution is -2.33. The summed E-state index contributed by atoms with van der Waals surface area (Å²) >= 11 is 0. The topological polar surface area (TPSA) is 17.1 Å². The number of carbonyl (C=O) groups excluding carboxylic acids is 1. The molecule has 0 amide bonds. The van der Waals surface area contributed by atoms with Crippen LogP contribution in [0.3, 0.4) is 0 Å². The first kappa shape index (κ1) is 8.49. The zero-order chi connectivity index (χ0) is 9.15. The summed E-state index contributed by atoms with van der Waals surface area (Å²) in [4.78, 5) is 10.9. The predicted molar refractivity (Wildman–Crippen MR) is 52.5 cm³/mol. The van der Waals surface area contributed by atoms with Crippen LogP contribution in [0.1, 0.15) is 24.8 Å². The SMILES string of the molecule is O=CC1(Cc2ccccc2)CCC1. The van der Waals surface area contributed by atoms with Gasteiger partial charge in [0.25, 0.3) is 0 Å². The summed E-state index contributed by atoms with van der Waals surface area (Å²) in [5.41, 5.74) is 1.27. The van der Waals surface area contributed by atoms with Crippen LogP contribution in [0.5, 0.6) is 0 Å². The maximum absolute atomic E-state index is 10.9. The Labute approximate surface area is 78.8 Å². The van der Waals surface area contributed by atoms with Gasteiger partial charge in [0, 0.05) is 5.41 Å². The summed E-state index contributed by atoms with van der Waals surface area (Å²) < 4.78 is 0. The molecule has 0 heterocycles. The van der Waals surface area contributed by atoms with Crippen LogP contribution >= 0.6 is 0 Å². The molecule has 1 aliphatic rings. The lowest BCUT2D eigenvalue weighted by atomic mass is 9.66. The first-order chi connectivity index (χ1) is 6.35. The lowest BCUT2D eigenvalue weighted by molar-refractivity contribution is -0.120. The Morgan fingerprint density at radius 3 is 2.38 bits per heavy atom. The fraction of sp³-hybridized carbons (Fsp3) is 0.417. The van der Waals surface area contributed by atoms with Crippen molar-refractivity contribution in [2.75, 3.05) is 0 Å². The van der Waals surface area contributed by atoms with Crippen molar-refractivity contribution in [2.45, 2.75) is 25.7 Å². The quantitative estimate of drug-likeness (QED) is 0.644. The van der Waals surface area contributed by atoms with E-state index >= 15 is 0 Å². The van der Waals surface area contributed by atoms with Crippen LogP contribution in [-0.4, -0.2) is 6.29 Å². The van der Waals surface area contributed by atoms with E-state index in [2.05, 4.69) is 12.1 Å². The molecule has 2 rings (SSSR count). The van der Waals surface area contributed by atoms with Crippen LogP contribution in [-0.2, 0) is 11.2 Å². The molecule has 1 aromatic rings. The van der Waals surface area contributed by atoms with Crippen molar-refractivity contribution < 1.29 is 4.79 Å². The minimum Gasteiger partial charge on any atom is -0.303 e. The molecule has 0 N–H and O–H groups in total. The Hall–Kier alpha value is -1.11. The lowest BCUT2D eigenvalue weighted by Gasteiger charge is -2.36. The summed E-state index contributed by atoms with van der Waals surface area (Å²) in [6.45, 7) is 0. The van der Waals surface area contributed by atoms with Gasteiger partial charge in [0.05, 0.1) is 0 Å². The zero-order valence-corrected chi connectivity index (χ0v) is 7.70. The third-order valence-electron chi connectivity index (χ3n) is 3.00. The fourth-order valence-electron chi connectivity index (χ4n) is 1.97. The van der Waals surface area contributed by atoms with E-state index in [1.165, 1.54) is 12.0 Å². The second-order valence-corrected chi connectivity index (χ2v) is 4.00. The third kappa shape index (κ3) is 1.64. The zero-order valence-electron chi connectivity index (χ0n) is 7.70. The van der Waals surface area contributed by atoms with Crippen LogP contribution in [0.15, 0.2) is 30.3 Å². The molecule has 13 heavy (non-hydrogen) atoms. The molecule has 0 spiro atoms. The van der Waals surface area contributed by atoms with E-state index in [9.17, 15) is 4.79 Å². The molecule has 1 nitrogen and oxygen atoms in total. The molecule has 1 aliphatic carbocycles. The highest BCUT2D eigenvalue weighted by Gasteiger charge is 2.36. The van der Waals surface area contributed by atoms with Gasteiger partial charge in [0.15, 0.2) is 0 Å². The van der Waals surface area contributed by atoms with Gasteiger partial charge in [0.1, 0.15) is 6.29 Å². The standard InChI is InChI=1S/C12H14O/c13-10-12(7-4-8-12)9-11-5-2-1-3-6-11/h1-3,5-6,10H,4,7-9H2. The highest BCUT2D eigenvalue weighted by Crippen LogP contribution is 2.41. The molecule has 1 fully saturated rings. The maximum atomic E-state index is 10.9. The van der Waals surface area contributed by atoms with Gasteiger partial charge in [-0.15, -0.1) is 0 Å². The molecule has 1 heteroatoms. The van der Waals surface area contributed by atoms with Gasteiger partial charge >= 0.3 is 0 Å². The fourth-order valence-corrected chi connectivity index (χ4v) is 1.97. The van der Waals surface area contributed by atoms with E-state index in [1.807, 2.05) is 18.2 Å². The molecule has 0 aromatic heterocycles. The average molecular weight is 174 g/mol. The Morgan fingerprint density at radius 1 is 1.23 bits per heavy atom. The minimum absolute atomic E-state index is 0.0125. The normalized spacial score (nSPS) is 19.1. The number of benzene rings is 1. The van der Waals surface area contributed by atoms with Crippen molar-refractivity contribution in [3.8, 4) is 0 Å². The predicted octanol–water partition coefficient (Wildman–Crippen LogP) is 2.60. The molecule has 68 valence electrons. The van der Waals surface area contributed by atoms with Crippen LogP contribution < -0.4 is 0 Å². The monoisotopic (exact) mass is 174 g/mol. The highest BCUT2D eigenvalue weighted by atomic mass is 16.1. The van der Waals surface area contributed by atoms with Crippen molar-refractivity contribution in [1.82, 2.24) is 0 Å². The Morgan fingerprint density at radius 2 is 1.92 bits per heavy atom. The van der Waals surface area contributed by atoms with Gasteiger partial charge in [0.2, 0.25) is 0 Å². The van der Waals surface area contributed by atoms with Crippen molar-refractivity contribution >= 4 is 6.29 Å². The second kappa shape index (κ2) is 3.33. The van der Waals surface area contributed by atoms with Crippen molar-refractivity contribution in [3.63, 3.8) is 0 Å². The van der Waals surface area contributed by atoms with Gasteiger partial charge < -0.3 is 4.79 Å². The molecule has 0 saturated heterocycles. The minimum atomic E-state index is -0.0125. The molecule has 0 atom stereocenters. The summed E-state index contributed by atoms with van der Waals surface area (Å²) in [7, 11) is 0. The Bertz CT molecular complexity index is 285. The van der Waals surface area contributed by atoms with Crippen molar-refractivity contribution in [2.24, 2.45) is 5.41 Å². The first-order valence-corrected chi connectivity index (χ1v) is 4.85. The average Bonchev–Trinajstić information content (AvgIpc) is 2.13. The van der Waals surface area contributed by atoms with Crippen molar-refractivity contribution in [1.29, 1.82) is 0 Å². The van der Waals surface area contributed by atoms with Gasteiger partial charge in [-0.25, -0.2) is 0 Å². The van der Waals surface area contributed by atoms with Gasteiger partial charge in [-0.05, 0) is 24.8 Å². The molecule has 0 aliphatic heterocycles. The molecule has 1 aromatic carbocycles. The molecule has 1 saturated carbocycles. The summed E-state index contributed by atoms with van der Waals surface area (Å²) in [6, 6.07) is 10.3. The van der Waals surface area contributed by atoms with E-state index in [0.717, 1.165) is 25.5 Å². The summed E-state index contributed by atoms with van der Waals surface area (Å²) in [5.74, 6) is 0. The molecular weight excluding hydrogens is 160 g/mol. The summed E-state index contributed by atoms with van der Waals surface area (Å²) in [6.07, 6.45) is 5.45. The van der Waals surface area contributed by atoms with Gasteiger partial charge in [-0.2, -0.15) is 0 Å². The van der Waals surface area contributed by atoms with E-state index < -0.39 is 0 Å². The van der Waals surface area contributed by atoms with Gasteiger partial charge in [-0.3, -0.25) is 0 Å². The van der Waals surface area contributed by atoms with Crippen LogP contribution in [0.2, 0.25) is 0 Å². The Balaban J connectivity index is 2.09. The van der Waals surface area contributed by atoms with Gasteiger partial charge in [-0.1, -0.05) is 36.8 Å².